The van der Waals surface area contributed by atoms with Gasteiger partial charge in [0.15, 0.2) is 0 Å². The molecule has 1 amide bonds. The van der Waals surface area contributed by atoms with Crippen molar-refractivity contribution in [1.82, 2.24) is 15.2 Å². The van der Waals surface area contributed by atoms with Gasteiger partial charge in [0, 0.05) is 38.1 Å². The average molecular weight is 219 g/mol. The third-order valence-corrected chi connectivity index (χ3v) is 2.93. The summed E-state index contributed by atoms with van der Waals surface area (Å²) in [6.45, 7) is 4.68. The minimum atomic E-state index is 0.209. The Bertz CT molecular complexity index is 353. The fraction of sp³-hybridized carbons (Fsp3) is 0.500. The highest BCUT2D eigenvalue weighted by Gasteiger charge is 2.22. The second-order valence-electron chi connectivity index (χ2n) is 4.17. The molecular formula is C12H17N3O. The minimum Gasteiger partial charge on any atom is -0.337 e. The fourth-order valence-electron chi connectivity index (χ4n) is 1.99. The second-order valence-corrected chi connectivity index (χ2v) is 4.17. The van der Waals surface area contributed by atoms with E-state index in [1.54, 1.807) is 12.4 Å². The van der Waals surface area contributed by atoms with E-state index in [0.29, 0.717) is 12.5 Å². The molecule has 1 fully saturated rings. The largest absolute Gasteiger partial charge is 0.337 e. The molecule has 0 aliphatic carbocycles. The molecule has 0 spiro atoms. The number of aromatic nitrogens is 1. The Morgan fingerprint density at radius 2 is 2.31 bits per heavy atom. The maximum atomic E-state index is 12.1. The zero-order valence-electron chi connectivity index (χ0n) is 9.52. The zero-order chi connectivity index (χ0) is 11.4. The Morgan fingerprint density at radius 3 is 3.00 bits per heavy atom. The lowest BCUT2D eigenvalue weighted by atomic mass is 10.1. The van der Waals surface area contributed by atoms with Gasteiger partial charge in [-0.05, 0) is 24.6 Å². The standard InChI is InChI=1S/C12H17N3O/c1-10-9-14-6-7-15(10)12(16)8-11-2-4-13-5-3-11/h2-5,10,14H,6-9H2,1H3/t10-/m1/s1. The number of amides is 1. The number of piperazine rings is 1. The highest BCUT2D eigenvalue weighted by atomic mass is 16.2. The molecule has 2 heterocycles. The summed E-state index contributed by atoms with van der Waals surface area (Å²) in [6, 6.07) is 4.08. The lowest BCUT2D eigenvalue weighted by Crippen LogP contribution is -2.52. The van der Waals surface area contributed by atoms with Crippen LogP contribution < -0.4 is 5.32 Å². The van der Waals surface area contributed by atoms with Gasteiger partial charge in [-0.15, -0.1) is 0 Å². The molecule has 1 N–H and O–H groups in total. The third-order valence-electron chi connectivity index (χ3n) is 2.93. The van der Waals surface area contributed by atoms with Gasteiger partial charge in [0.05, 0.1) is 6.42 Å². The summed E-state index contributed by atoms with van der Waals surface area (Å²) >= 11 is 0. The Morgan fingerprint density at radius 1 is 1.56 bits per heavy atom. The van der Waals surface area contributed by atoms with Gasteiger partial charge >= 0.3 is 0 Å². The molecule has 0 bridgehead atoms. The van der Waals surface area contributed by atoms with Gasteiger partial charge in [0.2, 0.25) is 5.91 Å². The molecule has 1 saturated heterocycles. The van der Waals surface area contributed by atoms with Crippen LogP contribution in [-0.4, -0.2) is 41.5 Å². The minimum absolute atomic E-state index is 0.209. The Balaban J connectivity index is 1.97. The van der Waals surface area contributed by atoms with Gasteiger partial charge in [-0.1, -0.05) is 0 Å². The number of nitrogens with one attached hydrogen (secondary N) is 1. The first-order valence-electron chi connectivity index (χ1n) is 5.66. The highest BCUT2D eigenvalue weighted by molar-refractivity contribution is 5.79. The van der Waals surface area contributed by atoms with Crippen molar-refractivity contribution in [3.05, 3.63) is 30.1 Å². The summed E-state index contributed by atoms with van der Waals surface area (Å²) in [5.74, 6) is 0.209. The quantitative estimate of drug-likeness (QED) is 0.785. The summed E-state index contributed by atoms with van der Waals surface area (Å²) in [5, 5.41) is 3.28. The Kier molecular flexibility index (Phi) is 3.51. The SMILES string of the molecule is C[C@@H]1CNCCN1C(=O)Cc1ccncc1. The van der Waals surface area contributed by atoms with E-state index in [4.69, 9.17) is 0 Å². The van der Waals surface area contributed by atoms with Gasteiger partial charge in [-0.3, -0.25) is 9.78 Å². The summed E-state index contributed by atoms with van der Waals surface area (Å²) in [6.07, 6.45) is 3.93. The summed E-state index contributed by atoms with van der Waals surface area (Å²) in [7, 11) is 0. The molecule has 0 aromatic carbocycles. The van der Waals surface area contributed by atoms with Crippen molar-refractivity contribution in [2.45, 2.75) is 19.4 Å². The van der Waals surface area contributed by atoms with E-state index in [1.807, 2.05) is 17.0 Å². The van der Waals surface area contributed by atoms with Crippen molar-refractivity contribution >= 4 is 5.91 Å². The predicted octanol–water partition coefficient (Wildman–Crippen LogP) is 0.444. The van der Waals surface area contributed by atoms with Crippen molar-refractivity contribution in [1.29, 1.82) is 0 Å². The van der Waals surface area contributed by atoms with Crippen LogP contribution in [0.4, 0.5) is 0 Å². The number of carbonyl (C=O) groups excluding carboxylic acids is 1. The van der Waals surface area contributed by atoms with Crippen LogP contribution in [0.1, 0.15) is 12.5 Å². The van der Waals surface area contributed by atoms with Crippen LogP contribution in [0.2, 0.25) is 0 Å². The van der Waals surface area contributed by atoms with Crippen molar-refractivity contribution in [2.75, 3.05) is 19.6 Å². The van der Waals surface area contributed by atoms with Crippen LogP contribution in [0.3, 0.4) is 0 Å². The normalized spacial score (nSPS) is 20.8. The van der Waals surface area contributed by atoms with Crippen LogP contribution in [0.25, 0.3) is 0 Å². The molecule has 0 radical (unpaired) electrons. The molecule has 0 saturated carbocycles. The van der Waals surface area contributed by atoms with E-state index < -0.39 is 0 Å². The maximum absolute atomic E-state index is 12.1. The maximum Gasteiger partial charge on any atom is 0.227 e. The van der Waals surface area contributed by atoms with E-state index >= 15 is 0 Å². The molecule has 1 atom stereocenters. The summed E-state index contributed by atoms with van der Waals surface area (Å²) in [4.78, 5) is 18.0. The molecule has 1 aromatic heterocycles. The van der Waals surface area contributed by atoms with E-state index in [9.17, 15) is 4.79 Å². The van der Waals surface area contributed by atoms with E-state index in [2.05, 4.69) is 17.2 Å². The molecule has 1 aromatic rings. The summed E-state index contributed by atoms with van der Waals surface area (Å²) in [5.41, 5.74) is 1.03. The lowest BCUT2D eigenvalue weighted by Gasteiger charge is -2.34. The number of hydrogen-bond donors (Lipinski definition) is 1. The van der Waals surface area contributed by atoms with Gasteiger partial charge in [0.25, 0.3) is 0 Å². The monoisotopic (exact) mass is 219 g/mol. The van der Waals surface area contributed by atoms with Crippen molar-refractivity contribution < 1.29 is 4.79 Å². The lowest BCUT2D eigenvalue weighted by molar-refractivity contribution is -0.133. The molecule has 1 aliphatic rings. The van der Waals surface area contributed by atoms with Crippen molar-refractivity contribution in [3.63, 3.8) is 0 Å². The molecule has 4 heteroatoms. The highest BCUT2D eigenvalue weighted by Crippen LogP contribution is 2.07. The zero-order valence-corrected chi connectivity index (χ0v) is 9.52. The number of nitrogens with zero attached hydrogens (tertiary/aromatic N) is 2. The smallest absolute Gasteiger partial charge is 0.227 e. The first-order chi connectivity index (χ1) is 7.77. The van der Waals surface area contributed by atoms with Crippen molar-refractivity contribution in [2.24, 2.45) is 0 Å². The van der Waals surface area contributed by atoms with Crippen LogP contribution in [-0.2, 0) is 11.2 Å². The number of hydrogen-bond acceptors (Lipinski definition) is 3. The number of pyridine rings is 1. The fourth-order valence-corrected chi connectivity index (χ4v) is 1.99. The number of rotatable bonds is 2. The first kappa shape index (κ1) is 11.1. The van der Waals surface area contributed by atoms with Gasteiger partial charge in [0.1, 0.15) is 0 Å². The summed E-state index contributed by atoms with van der Waals surface area (Å²) < 4.78 is 0. The van der Waals surface area contributed by atoms with E-state index in [-0.39, 0.29) is 5.91 Å². The molecule has 2 rings (SSSR count). The second kappa shape index (κ2) is 5.07. The van der Waals surface area contributed by atoms with Gasteiger partial charge < -0.3 is 10.2 Å². The number of carbonyl (C=O) groups is 1. The molecule has 16 heavy (non-hydrogen) atoms. The molecular weight excluding hydrogens is 202 g/mol. The topological polar surface area (TPSA) is 45.2 Å². The van der Waals surface area contributed by atoms with E-state index in [0.717, 1.165) is 25.2 Å². The van der Waals surface area contributed by atoms with Gasteiger partial charge in [-0.25, -0.2) is 0 Å². The van der Waals surface area contributed by atoms with E-state index in [1.165, 1.54) is 0 Å². The average Bonchev–Trinajstić information content (AvgIpc) is 2.31. The Labute approximate surface area is 95.7 Å². The predicted molar refractivity (Wildman–Crippen MR) is 62.0 cm³/mol. The molecule has 0 unspecified atom stereocenters. The Hall–Kier alpha value is -1.42. The molecule has 86 valence electrons. The molecule has 1 aliphatic heterocycles. The van der Waals surface area contributed by atoms with Gasteiger partial charge in [-0.2, -0.15) is 0 Å². The van der Waals surface area contributed by atoms with Crippen LogP contribution in [0, 0.1) is 0 Å². The first-order valence-corrected chi connectivity index (χ1v) is 5.66. The van der Waals surface area contributed by atoms with Crippen molar-refractivity contribution in [3.8, 4) is 0 Å². The molecule has 4 nitrogen and oxygen atoms in total. The van der Waals surface area contributed by atoms with Crippen LogP contribution in [0.5, 0.6) is 0 Å². The van der Waals surface area contributed by atoms with Crippen LogP contribution in [0.15, 0.2) is 24.5 Å². The third kappa shape index (κ3) is 2.58. The van der Waals surface area contributed by atoms with Crippen LogP contribution >= 0.6 is 0 Å².